The van der Waals surface area contributed by atoms with Crippen LogP contribution in [0.15, 0.2) is 89.6 Å². The van der Waals surface area contributed by atoms with Crippen molar-refractivity contribution in [3.63, 3.8) is 0 Å². The highest BCUT2D eigenvalue weighted by atomic mass is 35.5. The average molecular weight is 562 g/mol. The third-order valence-corrected chi connectivity index (χ3v) is 7.77. The Kier molecular flexibility index (Phi) is 6.83. The van der Waals surface area contributed by atoms with Crippen molar-refractivity contribution in [2.24, 2.45) is 5.41 Å². The number of ketones is 1. The van der Waals surface area contributed by atoms with E-state index >= 15 is 0 Å². The zero-order valence-corrected chi connectivity index (χ0v) is 22.8. The summed E-state index contributed by atoms with van der Waals surface area (Å²) in [7, 11) is 0. The number of amidine groups is 1. The van der Waals surface area contributed by atoms with Gasteiger partial charge in [0.2, 0.25) is 0 Å². The first kappa shape index (κ1) is 26.7. The molecule has 0 fully saturated rings. The number of halogens is 2. The van der Waals surface area contributed by atoms with E-state index in [1.165, 1.54) is 18.2 Å². The van der Waals surface area contributed by atoms with Gasteiger partial charge in [0.1, 0.15) is 11.6 Å². The first-order valence-electron chi connectivity index (χ1n) is 12.3. The van der Waals surface area contributed by atoms with Gasteiger partial charge in [0, 0.05) is 51.9 Å². The van der Waals surface area contributed by atoms with Gasteiger partial charge in [-0.1, -0.05) is 85.6 Å². The summed E-state index contributed by atoms with van der Waals surface area (Å²) in [6.07, 6.45) is 0.700. The van der Waals surface area contributed by atoms with E-state index in [9.17, 15) is 25.4 Å². The van der Waals surface area contributed by atoms with Crippen LogP contribution in [0.5, 0.6) is 0 Å². The number of Topliss-reactive ketones (excluding diaryl/α,β-unsaturated/α-hetero) is 1. The molecule has 1 atom stereocenters. The molecule has 1 aliphatic heterocycles. The van der Waals surface area contributed by atoms with E-state index in [1.54, 1.807) is 53.4 Å². The van der Waals surface area contributed by atoms with Crippen LogP contribution < -0.4 is 4.90 Å². The monoisotopic (exact) mass is 561 g/mol. The predicted molar refractivity (Wildman–Crippen MR) is 154 cm³/mol. The number of carbonyl (C=O) groups is 1. The predicted octanol–water partition coefficient (Wildman–Crippen LogP) is 8.10. The second-order valence-electron chi connectivity index (χ2n) is 10.5. The largest absolute Gasteiger partial charge is 0.507 e. The highest BCUT2D eigenvalue weighted by Crippen LogP contribution is 2.53. The van der Waals surface area contributed by atoms with E-state index in [1.807, 2.05) is 19.9 Å². The van der Waals surface area contributed by atoms with Crippen LogP contribution in [0, 0.1) is 20.9 Å². The number of non-ortho nitro benzene ring substituents is 1. The molecule has 5 rings (SSSR count). The highest BCUT2D eigenvalue weighted by Gasteiger charge is 2.47. The van der Waals surface area contributed by atoms with Crippen molar-refractivity contribution >= 4 is 52.0 Å². The number of hydrogen-bond acceptors (Lipinski definition) is 5. The molecule has 198 valence electrons. The van der Waals surface area contributed by atoms with E-state index in [0.29, 0.717) is 39.5 Å². The summed E-state index contributed by atoms with van der Waals surface area (Å²) in [5.41, 5.74) is 1.93. The minimum absolute atomic E-state index is 0.0476. The van der Waals surface area contributed by atoms with Crippen LogP contribution >= 0.6 is 23.2 Å². The summed E-state index contributed by atoms with van der Waals surface area (Å²) in [5, 5.41) is 33.0. The van der Waals surface area contributed by atoms with Crippen LogP contribution in [0.4, 0.5) is 11.4 Å². The number of benzene rings is 3. The zero-order chi connectivity index (χ0) is 28.1. The average Bonchev–Trinajstić information content (AvgIpc) is 2.88. The number of allylic oxidation sites excluding steroid dienone is 2. The molecular weight excluding hydrogens is 537 g/mol. The standard InChI is InChI=1S/C30H25Cl2N3O4/c1-30(2)15-23-26(24(36)16-30)25(19-10-6-7-11-20(19)31)27(28(37)17-8-4-3-5-9-17)29(33)34(23)22-13-12-18(35(38)39)14-21(22)32/h3-14,25,33,37H,15-16H2,1-2H3/t25-/m1/s1. The maximum absolute atomic E-state index is 13.9. The van der Waals surface area contributed by atoms with Gasteiger partial charge in [0.05, 0.1) is 15.6 Å². The molecule has 3 aromatic carbocycles. The zero-order valence-electron chi connectivity index (χ0n) is 21.2. The lowest BCUT2D eigenvalue weighted by Gasteiger charge is -2.45. The van der Waals surface area contributed by atoms with E-state index < -0.39 is 16.3 Å². The Morgan fingerprint density at radius 1 is 1.03 bits per heavy atom. The lowest BCUT2D eigenvalue weighted by Crippen LogP contribution is -2.45. The van der Waals surface area contributed by atoms with Gasteiger partial charge in [0.25, 0.3) is 5.69 Å². The number of carbonyl (C=O) groups excluding carboxylic acids is 1. The normalized spacial score (nSPS) is 20.1. The Hall–Kier alpha value is -3.94. The Morgan fingerprint density at radius 3 is 2.33 bits per heavy atom. The van der Waals surface area contributed by atoms with Gasteiger partial charge in [-0.05, 0) is 29.5 Å². The van der Waals surface area contributed by atoms with E-state index in [4.69, 9.17) is 23.2 Å². The van der Waals surface area contributed by atoms with E-state index in [-0.39, 0.29) is 40.1 Å². The fourth-order valence-corrected chi connectivity index (χ4v) is 5.95. The molecule has 2 N–H and O–H groups in total. The van der Waals surface area contributed by atoms with Crippen molar-refractivity contribution < 1.29 is 14.8 Å². The molecule has 1 aliphatic carbocycles. The van der Waals surface area contributed by atoms with Crippen molar-refractivity contribution in [1.82, 2.24) is 0 Å². The van der Waals surface area contributed by atoms with Crippen LogP contribution in [0.25, 0.3) is 5.76 Å². The number of aliphatic hydroxyl groups is 1. The van der Waals surface area contributed by atoms with Crippen molar-refractivity contribution in [3.05, 3.63) is 121 Å². The minimum Gasteiger partial charge on any atom is -0.507 e. The highest BCUT2D eigenvalue weighted by molar-refractivity contribution is 6.35. The van der Waals surface area contributed by atoms with Crippen LogP contribution in [0.3, 0.4) is 0 Å². The molecule has 7 nitrogen and oxygen atoms in total. The summed E-state index contributed by atoms with van der Waals surface area (Å²) < 4.78 is 0. The molecule has 0 saturated heterocycles. The van der Waals surface area contributed by atoms with Crippen LogP contribution in [-0.4, -0.2) is 21.6 Å². The Balaban J connectivity index is 1.87. The molecule has 0 radical (unpaired) electrons. The van der Waals surface area contributed by atoms with E-state index in [2.05, 4.69) is 0 Å². The first-order chi connectivity index (χ1) is 18.5. The maximum Gasteiger partial charge on any atom is 0.271 e. The van der Waals surface area contributed by atoms with Crippen molar-refractivity contribution in [3.8, 4) is 0 Å². The number of nitrogens with one attached hydrogen (secondary N) is 1. The number of nitro benzene ring substituents is 1. The molecule has 39 heavy (non-hydrogen) atoms. The molecule has 2 aliphatic rings. The van der Waals surface area contributed by atoms with Gasteiger partial charge in [0.15, 0.2) is 5.78 Å². The van der Waals surface area contributed by atoms with Gasteiger partial charge in [-0.3, -0.25) is 25.2 Å². The smallest absolute Gasteiger partial charge is 0.271 e. The Bertz CT molecular complexity index is 1590. The molecule has 9 heteroatoms. The summed E-state index contributed by atoms with van der Waals surface area (Å²) in [6, 6.07) is 19.9. The maximum atomic E-state index is 13.9. The Morgan fingerprint density at radius 2 is 1.69 bits per heavy atom. The van der Waals surface area contributed by atoms with Gasteiger partial charge in [-0.25, -0.2) is 0 Å². The summed E-state index contributed by atoms with van der Waals surface area (Å²) in [6.45, 7) is 3.95. The molecule has 0 bridgehead atoms. The number of aliphatic hydroxyl groups excluding tert-OH is 1. The lowest BCUT2D eigenvalue weighted by molar-refractivity contribution is -0.384. The van der Waals surface area contributed by atoms with Gasteiger partial charge in [-0.15, -0.1) is 0 Å². The van der Waals surface area contributed by atoms with E-state index in [0.717, 1.165) is 0 Å². The quantitative estimate of drug-likeness (QED) is 0.190. The number of rotatable bonds is 4. The topological polar surface area (TPSA) is 108 Å². The second-order valence-corrected chi connectivity index (χ2v) is 11.3. The van der Waals surface area contributed by atoms with Gasteiger partial charge in [-0.2, -0.15) is 0 Å². The molecule has 0 spiro atoms. The third kappa shape index (κ3) is 4.73. The van der Waals surface area contributed by atoms with Crippen molar-refractivity contribution in [2.45, 2.75) is 32.6 Å². The third-order valence-electron chi connectivity index (χ3n) is 7.12. The van der Waals surface area contributed by atoms with Gasteiger partial charge >= 0.3 is 0 Å². The molecule has 1 heterocycles. The molecule has 0 amide bonds. The van der Waals surface area contributed by atoms with Crippen molar-refractivity contribution in [1.29, 1.82) is 5.41 Å². The minimum atomic E-state index is -0.807. The van der Waals surface area contributed by atoms with Crippen LogP contribution in [0.1, 0.15) is 43.7 Å². The number of hydrogen-bond donors (Lipinski definition) is 2. The van der Waals surface area contributed by atoms with Crippen LogP contribution in [0.2, 0.25) is 10.0 Å². The lowest BCUT2D eigenvalue weighted by atomic mass is 9.67. The number of nitro groups is 1. The SMILES string of the molecule is CC1(C)CC(=O)C2=C(C1)N(c1ccc([N+](=O)[O-])cc1Cl)C(=N)C(=C(O)c1ccccc1)[C@@H]2c1ccccc1Cl. The number of anilines is 1. The summed E-state index contributed by atoms with van der Waals surface area (Å²) in [5.74, 6) is -1.20. The molecule has 0 saturated carbocycles. The first-order valence-corrected chi connectivity index (χ1v) is 13.1. The molecule has 0 unspecified atom stereocenters. The summed E-state index contributed by atoms with van der Waals surface area (Å²) in [4.78, 5) is 26.3. The Labute approximate surface area is 235 Å². The van der Waals surface area contributed by atoms with Gasteiger partial charge < -0.3 is 5.11 Å². The summed E-state index contributed by atoms with van der Waals surface area (Å²) >= 11 is 13.3. The fraction of sp³-hybridized carbons (Fsp3) is 0.200. The number of nitrogens with zero attached hydrogens (tertiary/aromatic N) is 2. The van der Waals surface area contributed by atoms with Crippen molar-refractivity contribution in [2.75, 3.05) is 4.90 Å². The molecule has 0 aromatic heterocycles. The molecule has 3 aromatic rings. The van der Waals surface area contributed by atoms with Crippen LogP contribution in [-0.2, 0) is 4.79 Å². The second kappa shape index (κ2) is 9.98. The molecular formula is C30H25Cl2N3O4. The fourth-order valence-electron chi connectivity index (χ4n) is 5.44.